The van der Waals surface area contributed by atoms with Crippen LogP contribution in [0.4, 0.5) is 0 Å². The normalized spacial score (nSPS) is 12.1. The third kappa shape index (κ3) is 3.73. The fraction of sp³-hybridized carbons (Fsp3) is 0.286. The molecule has 1 unspecified atom stereocenters. The van der Waals surface area contributed by atoms with E-state index in [0.29, 0.717) is 41.3 Å². The minimum absolute atomic E-state index is 0.252. The zero-order valence-corrected chi connectivity index (χ0v) is 15.2. The maximum absolute atomic E-state index is 12.3. The summed E-state index contributed by atoms with van der Waals surface area (Å²) < 4.78 is 22.3. The van der Waals surface area contributed by atoms with Crippen LogP contribution in [-0.4, -0.2) is 26.3 Å². The van der Waals surface area contributed by atoms with Gasteiger partial charge in [-0.2, -0.15) is 0 Å². The number of carbonyl (C=O) groups excluding carboxylic acids is 1. The molecule has 0 aliphatic heterocycles. The first-order chi connectivity index (χ1) is 12.6. The van der Waals surface area contributed by atoms with Crippen LogP contribution >= 0.6 is 0 Å². The topological polar surface area (TPSA) is 57.9 Å². The zero-order valence-electron chi connectivity index (χ0n) is 15.2. The quantitative estimate of drug-likeness (QED) is 0.576. The van der Waals surface area contributed by atoms with E-state index in [1.165, 1.54) is 0 Å². The number of hydrogen-bond acceptors (Lipinski definition) is 5. The van der Waals surface area contributed by atoms with Crippen molar-refractivity contribution in [3.05, 3.63) is 65.4 Å². The molecule has 5 nitrogen and oxygen atoms in total. The molecule has 0 spiro atoms. The van der Waals surface area contributed by atoms with Gasteiger partial charge in [-0.1, -0.05) is 30.3 Å². The molecule has 0 saturated carbocycles. The fourth-order valence-corrected chi connectivity index (χ4v) is 2.91. The summed E-state index contributed by atoms with van der Waals surface area (Å²) in [6, 6.07) is 15.3. The lowest BCUT2D eigenvalue weighted by Crippen LogP contribution is -2.13. The summed E-state index contributed by atoms with van der Waals surface area (Å²) in [6.45, 7) is 4.26. The summed E-state index contributed by atoms with van der Waals surface area (Å²) in [6.07, 6.45) is -0.252. The zero-order chi connectivity index (χ0) is 18.5. The molecule has 0 amide bonds. The van der Waals surface area contributed by atoms with Gasteiger partial charge in [-0.25, -0.2) is 4.79 Å². The molecule has 0 saturated heterocycles. The first-order valence-corrected chi connectivity index (χ1v) is 8.54. The lowest BCUT2D eigenvalue weighted by atomic mass is 10.1. The van der Waals surface area contributed by atoms with E-state index in [2.05, 4.69) is 0 Å². The van der Waals surface area contributed by atoms with Crippen LogP contribution in [0.2, 0.25) is 0 Å². The van der Waals surface area contributed by atoms with E-state index >= 15 is 0 Å². The van der Waals surface area contributed by atoms with E-state index in [1.54, 1.807) is 27.0 Å². The van der Waals surface area contributed by atoms with Crippen LogP contribution < -0.4 is 4.74 Å². The van der Waals surface area contributed by atoms with E-state index in [9.17, 15) is 4.79 Å². The van der Waals surface area contributed by atoms with Crippen molar-refractivity contribution in [3.63, 3.8) is 0 Å². The SMILES string of the molecule is CCOC(=O)c1c(C)oc2ccc(OC(COC)c3ccccc3)cc12. The van der Waals surface area contributed by atoms with Gasteiger partial charge in [-0.3, -0.25) is 0 Å². The fourth-order valence-electron chi connectivity index (χ4n) is 2.91. The number of ether oxygens (including phenoxy) is 3. The van der Waals surface area contributed by atoms with Gasteiger partial charge in [0.2, 0.25) is 0 Å². The summed E-state index contributed by atoms with van der Waals surface area (Å²) in [5, 5.41) is 0.683. The Morgan fingerprint density at radius 3 is 2.62 bits per heavy atom. The van der Waals surface area contributed by atoms with Crippen molar-refractivity contribution in [1.82, 2.24) is 0 Å². The number of rotatable bonds is 7. The van der Waals surface area contributed by atoms with Crippen LogP contribution in [0.3, 0.4) is 0 Å². The molecule has 5 heteroatoms. The highest BCUT2D eigenvalue weighted by molar-refractivity contribution is 6.04. The van der Waals surface area contributed by atoms with Crippen molar-refractivity contribution < 1.29 is 23.4 Å². The molecule has 1 aromatic heterocycles. The molecule has 1 atom stereocenters. The Morgan fingerprint density at radius 1 is 1.15 bits per heavy atom. The Labute approximate surface area is 152 Å². The molecule has 26 heavy (non-hydrogen) atoms. The van der Waals surface area contributed by atoms with Gasteiger partial charge in [0.05, 0.1) is 13.2 Å². The Balaban J connectivity index is 1.95. The lowest BCUT2D eigenvalue weighted by Gasteiger charge is -2.19. The van der Waals surface area contributed by atoms with Gasteiger partial charge < -0.3 is 18.6 Å². The van der Waals surface area contributed by atoms with Gasteiger partial charge in [0.15, 0.2) is 0 Å². The summed E-state index contributed by atoms with van der Waals surface area (Å²) in [4.78, 5) is 12.3. The first-order valence-electron chi connectivity index (χ1n) is 8.54. The molecule has 0 aliphatic rings. The van der Waals surface area contributed by atoms with E-state index in [4.69, 9.17) is 18.6 Å². The molecule has 0 radical (unpaired) electrons. The van der Waals surface area contributed by atoms with Gasteiger partial charge in [0.1, 0.15) is 28.8 Å². The average Bonchev–Trinajstić information content (AvgIpc) is 2.97. The summed E-state index contributed by atoms with van der Waals surface area (Å²) in [5.41, 5.74) is 2.08. The molecule has 0 fully saturated rings. The molecule has 136 valence electrons. The van der Waals surface area contributed by atoms with E-state index in [0.717, 1.165) is 5.56 Å². The van der Waals surface area contributed by atoms with Crippen molar-refractivity contribution in [1.29, 1.82) is 0 Å². The first kappa shape index (κ1) is 18.0. The Bertz CT molecular complexity index is 882. The van der Waals surface area contributed by atoms with E-state index < -0.39 is 5.97 Å². The highest BCUT2D eigenvalue weighted by Crippen LogP contribution is 2.31. The van der Waals surface area contributed by atoms with Gasteiger partial charge in [0.25, 0.3) is 0 Å². The summed E-state index contributed by atoms with van der Waals surface area (Å²) in [5.74, 6) is 0.777. The number of esters is 1. The second kappa shape index (κ2) is 8.06. The van der Waals surface area contributed by atoms with Crippen molar-refractivity contribution in [2.24, 2.45) is 0 Å². The Hall–Kier alpha value is -2.79. The lowest BCUT2D eigenvalue weighted by molar-refractivity contribution is 0.0526. The van der Waals surface area contributed by atoms with E-state index in [-0.39, 0.29) is 6.10 Å². The molecule has 0 bridgehead atoms. The monoisotopic (exact) mass is 354 g/mol. The van der Waals surface area contributed by atoms with Crippen LogP contribution in [0.5, 0.6) is 5.75 Å². The van der Waals surface area contributed by atoms with Crippen molar-refractivity contribution in [2.45, 2.75) is 20.0 Å². The Morgan fingerprint density at radius 2 is 1.92 bits per heavy atom. The van der Waals surface area contributed by atoms with Crippen LogP contribution in [0.1, 0.15) is 34.7 Å². The van der Waals surface area contributed by atoms with Crippen molar-refractivity contribution >= 4 is 16.9 Å². The standard InChI is InChI=1S/C21H22O5/c1-4-24-21(22)20-14(2)25-18-11-10-16(12-17(18)20)26-19(13-23-3)15-8-6-5-7-9-15/h5-12,19H,4,13H2,1-3H3. The number of fused-ring (bicyclic) bond motifs is 1. The molecule has 2 aromatic carbocycles. The maximum atomic E-state index is 12.3. The van der Waals surface area contributed by atoms with Crippen LogP contribution in [0.15, 0.2) is 52.9 Å². The van der Waals surface area contributed by atoms with Gasteiger partial charge in [0, 0.05) is 12.5 Å². The maximum Gasteiger partial charge on any atom is 0.342 e. The van der Waals surface area contributed by atoms with Crippen molar-refractivity contribution in [3.8, 4) is 5.75 Å². The number of hydrogen-bond donors (Lipinski definition) is 0. The molecule has 3 rings (SSSR count). The van der Waals surface area contributed by atoms with Gasteiger partial charge in [-0.15, -0.1) is 0 Å². The highest BCUT2D eigenvalue weighted by Gasteiger charge is 2.21. The van der Waals surface area contributed by atoms with Crippen molar-refractivity contribution in [2.75, 3.05) is 20.3 Å². The second-order valence-corrected chi connectivity index (χ2v) is 5.88. The van der Waals surface area contributed by atoms with Crippen LogP contribution in [0, 0.1) is 6.92 Å². The molecular formula is C21H22O5. The molecule has 1 heterocycles. The smallest absolute Gasteiger partial charge is 0.342 e. The number of methoxy groups -OCH3 is 1. The molecule has 0 aliphatic carbocycles. The van der Waals surface area contributed by atoms with E-state index in [1.807, 2.05) is 42.5 Å². The third-order valence-corrected chi connectivity index (χ3v) is 4.08. The Kier molecular flexibility index (Phi) is 5.58. The predicted molar refractivity (Wildman–Crippen MR) is 98.6 cm³/mol. The van der Waals surface area contributed by atoms with Gasteiger partial charge in [-0.05, 0) is 37.6 Å². The minimum Gasteiger partial charge on any atom is -0.483 e. The number of benzene rings is 2. The summed E-state index contributed by atoms with van der Waals surface area (Å²) in [7, 11) is 1.64. The third-order valence-electron chi connectivity index (χ3n) is 4.08. The minimum atomic E-state index is -0.391. The molecule has 0 N–H and O–H groups in total. The largest absolute Gasteiger partial charge is 0.483 e. The van der Waals surface area contributed by atoms with Gasteiger partial charge >= 0.3 is 5.97 Å². The molecular weight excluding hydrogens is 332 g/mol. The van der Waals surface area contributed by atoms with Crippen LogP contribution in [-0.2, 0) is 9.47 Å². The average molecular weight is 354 g/mol. The molecule has 3 aromatic rings. The number of aryl methyl sites for hydroxylation is 1. The number of furan rings is 1. The van der Waals surface area contributed by atoms with Crippen LogP contribution in [0.25, 0.3) is 11.0 Å². The highest BCUT2D eigenvalue weighted by atomic mass is 16.5. The second-order valence-electron chi connectivity index (χ2n) is 5.88. The predicted octanol–water partition coefficient (Wildman–Crippen LogP) is 4.68. The summed E-state index contributed by atoms with van der Waals surface area (Å²) >= 11 is 0. The number of carbonyl (C=O) groups is 1.